The van der Waals surface area contributed by atoms with Gasteiger partial charge in [0.15, 0.2) is 0 Å². The van der Waals surface area contributed by atoms with Gasteiger partial charge in [-0.05, 0) is 75.5 Å². The Balaban J connectivity index is 2.04. The summed E-state index contributed by atoms with van der Waals surface area (Å²) in [7, 11) is 0. The van der Waals surface area contributed by atoms with Crippen LogP contribution in [0.15, 0.2) is 24.3 Å². The summed E-state index contributed by atoms with van der Waals surface area (Å²) >= 11 is 0. The molecule has 0 aliphatic carbocycles. The van der Waals surface area contributed by atoms with Crippen molar-refractivity contribution < 1.29 is 4.74 Å². The first kappa shape index (κ1) is 24.8. The summed E-state index contributed by atoms with van der Waals surface area (Å²) in [6.45, 7) is 21.3. The predicted octanol–water partition coefficient (Wildman–Crippen LogP) is 7.23. The van der Waals surface area contributed by atoms with Crippen molar-refractivity contribution in [1.82, 2.24) is 9.88 Å². The van der Waals surface area contributed by atoms with E-state index in [1.54, 1.807) is 0 Å². The summed E-state index contributed by atoms with van der Waals surface area (Å²) in [5.74, 6) is 1.78. The van der Waals surface area contributed by atoms with Crippen LogP contribution in [-0.2, 0) is 19.4 Å². The third-order valence-corrected chi connectivity index (χ3v) is 6.78. The molecule has 2 heterocycles. The van der Waals surface area contributed by atoms with Crippen molar-refractivity contribution in [2.75, 3.05) is 13.1 Å². The number of hydrogen-bond acceptors (Lipinski definition) is 3. The molecule has 1 saturated heterocycles. The van der Waals surface area contributed by atoms with Gasteiger partial charge in [-0.25, -0.2) is 0 Å². The first-order valence-corrected chi connectivity index (χ1v) is 12.6. The number of aromatic nitrogens is 1. The SMILES string of the molecule is CCc1cccc(CC)c1-c1cc(OC(C)C)c(CN2CCC(C)CC(C)(C)C2)c(C)n1. The summed E-state index contributed by atoms with van der Waals surface area (Å²) < 4.78 is 6.41. The van der Waals surface area contributed by atoms with Gasteiger partial charge in [-0.3, -0.25) is 9.88 Å². The molecule has 1 aliphatic heterocycles. The van der Waals surface area contributed by atoms with Gasteiger partial charge < -0.3 is 4.74 Å². The van der Waals surface area contributed by atoms with Crippen LogP contribution in [0.5, 0.6) is 5.75 Å². The molecule has 1 aromatic heterocycles. The molecular formula is C29H44N2O. The first-order chi connectivity index (χ1) is 15.1. The predicted molar refractivity (Wildman–Crippen MR) is 136 cm³/mol. The van der Waals surface area contributed by atoms with Crippen molar-refractivity contribution in [2.24, 2.45) is 11.3 Å². The molecule has 1 unspecified atom stereocenters. The zero-order valence-corrected chi connectivity index (χ0v) is 21.7. The van der Waals surface area contributed by atoms with Crippen LogP contribution in [0, 0.1) is 18.3 Å². The third kappa shape index (κ3) is 5.92. The molecule has 2 aromatic rings. The van der Waals surface area contributed by atoms with E-state index in [2.05, 4.69) is 84.6 Å². The number of hydrogen-bond donors (Lipinski definition) is 0. The van der Waals surface area contributed by atoms with E-state index < -0.39 is 0 Å². The van der Waals surface area contributed by atoms with Crippen molar-refractivity contribution in [3.05, 3.63) is 46.6 Å². The lowest BCUT2D eigenvalue weighted by Gasteiger charge is -2.31. The second-order valence-electron chi connectivity index (χ2n) is 10.9. The van der Waals surface area contributed by atoms with Crippen LogP contribution in [0.2, 0.25) is 0 Å². The second kappa shape index (κ2) is 10.4. The van der Waals surface area contributed by atoms with E-state index >= 15 is 0 Å². The van der Waals surface area contributed by atoms with E-state index in [1.165, 1.54) is 35.1 Å². The Morgan fingerprint density at radius 3 is 2.41 bits per heavy atom. The molecule has 0 bridgehead atoms. The monoisotopic (exact) mass is 436 g/mol. The lowest BCUT2D eigenvalue weighted by atomic mass is 9.83. The van der Waals surface area contributed by atoms with Crippen LogP contribution in [0.25, 0.3) is 11.3 Å². The molecule has 1 aliphatic rings. The van der Waals surface area contributed by atoms with Crippen LogP contribution in [0.4, 0.5) is 0 Å². The maximum absolute atomic E-state index is 6.41. The highest BCUT2D eigenvalue weighted by atomic mass is 16.5. The average molecular weight is 437 g/mol. The molecule has 1 aromatic carbocycles. The van der Waals surface area contributed by atoms with Crippen LogP contribution in [0.3, 0.4) is 0 Å². The molecule has 0 saturated carbocycles. The number of pyridine rings is 1. The number of nitrogens with zero attached hydrogens (tertiary/aromatic N) is 2. The van der Waals surface area contributed by atoms with E-state index in [0.29, 0.717) is 5.41 Å². The Kier molecular flexibility index (Phi) is 8.03. The number of benzene rings is 1. The molecule has 3 rings (SSSR count). The normalized spacial score (nSPS) is 19.2. The van der Waals surface area contributed by atoms with Crippen molar-refractivity contribution in [2.45, 2.75) is 93.7 Å². The molecule has 0 N–H and O–H groups in total. The highest BCUT2D eigenvalue weighted by Crippen LogP contribution is 2.36. The minimum atomic E-state index is 0.135. The van der Waals surface area contributed by atoms with Gasteiger partial charge >= 0.3 is 0 Å². The maximum Gasteiger partial charge on any atom is 0.128 e. The van der Waals surface area contributed by atoms with Gasteiger partial charge in [-0.1, -0.05) is 52.8 Å². The lowest BCUT2D eigenvalue weighted by Crippen LogP contribution is -2.32. The largest absolute Gasteiger partial charge is 0.491 e. The lowest BCUT2D eigenvalue weighted by molar-refractivity contribution is 0.180. The third-order valence-electron chi connectivity index (χ3n) is 6.78. The second-order valence-corrected chi connectivity index (χ2v) is 10.9. The highest BCUT2D eigenvalue weighted by molar-refractivity contribution is 5.70. The van der Waals surface area contributed by atoms with Gasteiger partial charge in [0.1, 0.15) is 5.75 Å². The van der Waals surface area contributed by atoms with Crippen molar-refractivity contribution >= 4 is 0 Å². The fourth-order valence-corrected chi connectivity index (χ4v) is 5.48. The summed E-state index contributed by atoms with van der Waals surface area (Å²) in [6, 6.07) is 8.86. The van der Waals surface area contributed by atoms with Gasteiger partial charge in [-0.15, -0.1) is 0 Å². The molecular weight excluding hydrogens is 392 g/mol. The Morgan fingerprint density at radius 2 is 1.81 bits per heavy atom. The van der Waals surface area contributed by atoms with Gasteiger partial charge in [0.25, 0.3) is 0 Å². The van der Waals surface area contributed by atoms with Gasteiger partial charge in [0, 0.05) is 36.0 Å². The highest BCUT2D eigenvalue weighted by Gasteiger charge is 2.29. The number of rotatable bonds is 7. The molecule has 3 heteroatoms. The Morgan fingerprint density at radius 1 is 1.16 bits per heavy atom. The van der Waals surface area contributed by atoms with Crippen molar-refractivity contribution in [3.8, 4) is 17.0 Å². The summed E-state index contributed by atoms with van der Waals surface area (Å²) in [6.07, 6.45) is 4.71. The van der Waals surface area contributed by atoms with Crippen molar-refractivity contribution in [1.29, 1.82) is 0 Å². The topological polar surface area (TPSA) is 25.4 Å². The number of aryl methyl sites for hydroxylation is 3. The summed E-state index contributed by atoms with van der Waals surface area (Å²) in [5.41, 5.74) is 7.77. The zero-order valence-electron chi connectivity index (χ0n) is 21.7. The Bertz CT molecular complexity index is 893. The molecule has 32 heavy (non-hydrogen) atoms. The van der Waals surface area contributed by atoms with Crippen LogP contribution in [-0.4, -0.2) is 29.1 Å². The van der Waals surface area contributed by atoms with E-state index in [1.807, 2.05) is 0 Å². The summed E-state index contributed by atoms with van der Waals surface area (Å²) in [5, 5.41) is 0. The quantitative estimate of drug-likeness (QED) is 0.458. The minimum Gasteiger partial charge on any atom is -0.491 e. The molecule has 0 amide bonds. The smallest absolute Gasteiger partial charge is 0.128 e. The zero-order chi connectivity index (χ0) is 23.5. The minimum absolute atomic E-state index is 0.135. The molecule has 3 nitrogen and oxygen atoms in total. The summed E-state index contributed by atoms with van der Waals surface area (Å²) in [4.78, 5) is 7.78. The van der Waals surface area contributed by atoms with E-state index in [4.69, 9.17) is 9.72 Å². The van der Waals surface area contributed by atoms with Gasteiger partial charge in [0.05, 0.1) is 11.8 Å². The van der Waals surface area contributed by atoms with Crippen LogP contribution >= 0.6 is 0 Å². The fourth-order valence-electron chi connectivity index (χ4n) is 5.48. The fraction of sp³-hybridized carbons (Fsp3) is 0.621. The maximum atomic E-state index is 6.41. The molecule has 0 radical (unpaired) electrons. The number of likely N-dealkylation sites (tertiary alicyclic amines) is 1. The van der Waals surface area contributed by atoms with Gasteiger partial charge in [-0.2, -0.15) is 0 Å². The van der Waals surface area contributed by atoms with E-state index in [0.717, 1.165) is 55.5 Å². The average Bonchev–Trinajstić information content (AvgIpc) is 2.85. The first-order valence-electron chi connectivity index (χ1n) is 12.6. The van der Waals surface area contributed by atoms with Gasteiger partial charge in [0.2, 0.25) is 0 Å². The van der Waals surface area contributed by atoms with Crippen LogP contribution < -0.4 is 4.74 Å². The number of ether oxygens (including phenoxy) is 1. The molecule has 176 valence electrons. The molecule has 0 spiro atoms. The molecule has 1 fully saturated rings. The Hall–Kier alpha value is -1.87. The van der Waals surface area contributed by atoms with Crippen molar-refractivity contribution in [3.63, 3.8) is 0 Å². The van der Waals surface area contributed by atoms with E-state index in [-0.39, 0.29) is 6.10 Å². The van der Waals surface area contributed by atoms with Crippen LogP contribution in [0.1, 0.15) is 83.7 Å². The Labute approximate surface area is 196 Å². The standard InChI is InChI=1S/C29H44N2O/c1-9-23-12-11-13-24(10-2)28(23)26-16-27(32-20(3)4)25(22(6)30-26)18-31-15-14-21(5)17-29(7,8)19-31/h11-13,16,20-21H,9-10,14-15,17-19H2,1-8H3. The van der Waals surface area contributed by atoms with E-state index in [9.17, 15) is 0 Å². The molecule has 1 atom stereocenters.